The lowest BCUT2D eigenvalue weighted by Crippen LogP contribution is -2.63. The number of hydroxylamine groups is 6. The highest BCUT2D eigenvalue weighted by Gasteiger charge is 2.32. The third kappa shape index (κ3) is 4.56. The second kappa shape index (κ2) is 8.43. The van der Waals surface area contributed by atoms with Crippen LogP contribution in [0.4, 0.5) is 11.4 Å². The van der Waals surface area contributed by atoms with E-state index < -0.39 is 4.65 Å². The fraction of sp³-hybridized carbons (Fsp3) is 0.429. The lowest BCUT2D eigenvalue weighted by Gasteiger charge is -2.54. The number of quaternary nitrogens is 2. The minimum atomic E-state index is -0.443. The Morgan fingerprint density at radius 1 is 0.931 bits per heavy atom. The summed E-state index contributed by atoms with van der Waals surface area (Å²) in [5, 5.41) is 35.3. The van der Waals surface area contributed by atoms with Crippen LogP contribution in [0.25, 0.3) is 0 Å². The summed E-state index contributed by atoms with van der Waals surface area (Å²) in [7, 11) is 0. The number of piperazine rings is 1. The molecule has 8 heteroatoms. The Morgan fingerprint density at radius 3 is 2.31 bits per heavy atom. The maximum Gasteiger partial charge on any atom is 0.129 e. The molecule has 29 heavy (non-hydrogen) atoms. The number of hydrogen-bond acceptors (Lipinski definition) is 5. The number of aliphatic hydroxyl groups is 1. The molecule has 1 N–H and O–H groups in total. The first kappa shape index (κ1) is 20.9. The molecule has 2 heterocycles. The summed E-state index contributed by atoms with van der Waals surface area (Å²) in [4.78, 5) is 4.61. The topological polar surface area (TPSA) is 69.6 Å². The van der Waals surface area contributed by atoms with E-state index in [1.807, 2.05) is 30.3 Å². The standard InChI is InChI=1S/C21H26ClN3O3S/c22-17-6-7-21-19(16-17)23(18-4-1-2-5-20(18)29-21)8-3-9-24(27)10-12-25(28,13-11-24)14-15-26/h1-2,4-7,16,26H,3,8-15H2. The molecule has 0 bridgehead atoms. The molecule has 0 unspecified atom stereocenters. The molecule has 2 aromatic rings. The highest BCUT2D eigenvalue weighted by molar-refractivity contribution is 7.99. The van der Waals surface area contributed by atoms with E-state index in [1.54, 1.807) is 11.8 Å². The molecule has 2 aliphatic heterocycles. The van der Waals surface area contributed by atoms with Crippen LogP contribution < -0.4 is 4.90 Å². The minimum absolute atomic E-state index is 0.128. The number of halogens is 1. The molecule has 156 valence electrons. The van der Waals surface area contributed by atoms with Gasteiger partial charge in [0, 0.05) is 27.8 Å². The normalized spacial score (nSPS) is 26.1. The number of nitrogens with zero attached hydrogens (tertiary/aromatic N) is 3. The molecular formula is C21H26ClN3O3S. The van der Waals surface area contributed by atoms with Gasteiger partial charge in [0.05, 0.1) is 24.5 Å². The second-order valence-electron chi connectivity index (χ2n) is 7.87. The lowest BCUT2D eigenvalue weighted by molar-refractivity contribution is -0.989. The van der Waals surface area contributed by atoms with Gasteiger partial charge in [0.15, 0.2) is 0 Å². The van der Waals surface area contributed by atoms with Crippen molar-refractivity contribution in [3.63, 3.8) is 0 Å². The number of rotatable bonds is 6. The summed E-state index contributed by atoms with van der Waals surface area (Å²) >= 11 is 8.00. The average molecular weight is 436 g/mol. The SMILES string of the molecule is [O-][N+]1(CCO)CC[N+]([O-])(CCCN2c3ccccc3Sc3ccc(Cl)cc32)CC1. The summed E-state index contributed by atoms with van der Waals surface area (Å²) in [6.45, 7) is 2.46. The van der Waals surface area contributed by atoms with Gasteiger partial charge in [-0.2, -0.15) is 0 Å². The van der Waals surface area contributed by atoms with Crippen molar-refractivity contribution in [1.82, 2.24) is 0 Å². The Hall–Kier alpha value is -1.32. The monoisotopic (exact) mass is 435 g/mol. The van der Waals surface area contributed by atoms with Crippen molar-refractivity contribution in [2.24, 2.45) is 0 Å². The summed E-state index contributed by atoms with van der Waals surface area (Å²) in [5.41, 5.74) is 2.22. The van der Waals surface area contributed by atoms with Crippen LogP contribution in [0.1, 0.15) is 6.42 Å². The van der Waals surface area contributed by atoms with Crippen molar-refractivity contribution in [2.45, 2.75) is 16.2 Å². The van der Waals surface area contributed by atoms with E-state index in [0.29, 0.717) is 24.7 Å². The molecule has 1 fully saturated rings. The maximum atomic E-state index is 13.1. The number of anilines is 2. The maximum absolute atomic E-state index is 13.1. The van der Waals surface area contributed by atoms with E-state index in [4.69, 9.17) is 16.7 Å². The van der Waals surface area contributed by atoms with Crippen molar-refractivity contribution >= 4 is 34.7 Å². The summed E-state index contributed by atoms with van der Waals surface area (Å²) < 4.78 is -0.762. The van der Waals surface area contributed by atoms with Crippen LogP contribution in [0.5, 0.6) is 0 Å². The van der Waals surface area contributed by atoms with Crippen molar-refractivity contribution in [3.8, 4) is 0 Å². The first-order valence-corrected chi connectivity index (χ1v) is 11.2. The summed E-state index contributed by atoms with van der Waals surface area (Å²) in [5.74, 6) is 0. The van der Waals surface area contributed by atoms with Crippen LogP contribution in [0.2, 0.25) is 5.02 Å². The van der Waals surface area contributed by atoms with E-state index >= 15 is 0 Å². The van der Waals surface area contributed by atoms with E-state index in [2.05, 4.69) is 17.0 Å². The molecule has 4 rings (SSSR count). The molecule has 2 aliphatic rings. The Morgan fingerprint density at radius 2 is 1.59 bits per heavy atom. The van der Waals surface area contributed by atoms with E-state index in [9.17, 15) is 10.4 Å². The van der Waals surface area contributed by atoms with Gasteiger partial charge in [-0.1, -0.05) is 35.5 Å². The third-order valence-corrected chi connectivity index (χ3v) is 7.24. The van der Waals surface area contributed by atoms with Gasteiger partial charge in [-0.25, -0.2) is 0 Å². The van der Waals surface area contributed by atoms with Gasteiger partial charge in [0.25, 0.3) is 0 Å². The molecule has 1 saturated heterocycles. The van der Waals surface area contributed by atoms with Crippen LogP contribution in [0.3, 0.4) is 0 Å². The fourth-order valence-electron chi connectivity index (χ4n) is 4.14. The Kier molecular flexibility index (Phi) is 6.09. The predicted octanol–water partition coefficient (Wildman–Crippen LogP) is 3.97. The lowest BCUT2D eigenvalue weighted by atomic mass is 10.2. The summed E-state index contributed by atoms with van der Waals surface area (Å²) in [6, 6.07) is 14.2. The quantitative estimate of drug-likeness (QED) is 0.549. The zero-order chi connectivity index (χ0) is 20.5. The van der Waals surface area contributed by atoms with Gasteiger partial charge in [0.1, 0.15) is 32.7 Å². The highest BCUT2D eigenvalue weighted by atomic mass is 35.5. The predicted molar refractivity (Wildman–Crippen MR) is 117 cm³/mol. The number of para-hydroxylation sites is 1. The van der Waals surface area contributed by atoms with Gasteiger partial charge >= 0.3 is 0 Å². The van der Waals surface area contributed by atoms with Gasteiger partial charge in [-0.05, 0) is 30.3 Å². The molecule has 0 aliphatic carbocycles. The molecule has 0 radical (unpaired) electrons. The fourth-order valence-corrected chi connectivity index (χ4v) is 5.38. The molecule has 6 nitrogen and oxygen atoms in total. The highest BCUT2D eigenvalue weighted by Crippen LogP contribution is 2.48. The van der Waals surface area contributed by atoms with Crippen LogP contribution in [0.15, 0.2) is 52.3 Å². The van der Waals surface area contributed by atoms with Gasteiger partial charge < -0.3 is 29.7 Å². The van der Waals surface area contributed by atoms with Crippen molar-refractivity contribution in [2.75, 3.05) is 57.3 Å². The number of fused-ring (bicyclic) bond motifs is 2. The number of aliphatic hydroxyl groups excluding tert-OH is 1. The van der Waals surface area contributed by atoms with Crippen LogP contribution in [0, 0.1) is 10.4 Å². The minimum Gasteiger partial charge on any atom is -0.632 e. The first-order chi connectivity index (χ1) is 13.9. The van der Waals surface area contributed by atoms with Crippen molar-refractivity contribution in [3.05, 3.63) is 57.9 Å². The van der Waals surface area contributed by atoms with E-state index in [1.165, 1.54) is 4.90 Å². The molecule has 0 saturated carbocycles. The molecule has 2 aromatic carbocycles. The van der Waals surface area contributed by atoms with Crippen LogP contribution in [-0.4, -0.2) is 66.8 Å². The number of hydrogen-bond donors (Lipinski definition) is 1. The second-order valence-corrected chi connectivity index (χ2v) is 9.39. The zero-order valence-electron chi connectivity index (χ0n) is 16.3. The van der Waals surface area contributed by atoms with Gasteiger partial charge in [0.2, 0.25) is 0 Å². The van der Waals surface area contributed by atoms with Crippen molar-refractivity contribution in [1.29, 1.82) is 0 Å². The smallest absolute Gasteiger partial charge is 0.129 e. The molecular weight excluding hydrogens is 410 g/mol. The molecule has 0 atom stereocenters. The van der Waals surface area contributed by atoms with Gasteiger partial charge in [-0.15, -0.1) is 0 Å². The Balaban J connectivity index is 1.45. The zero-order valence-corrected chi connectivity index (χ0v) is 17.9. The third-order valence-electron chi connectivity index (χ3n) is 5.87. The Labute approximate surface area is 180 Å². The number of benzene rings is 2. The van der Waals surface area contributed by atoms with Gasteiger partial charge in [-0.3, -0.25) is 0 Å². The largest absolute Gasteiger partial charge is 0.632 e. The molecule has 0 spiro atoms. The van der Waals surface area contributed by atoms with E-state index in [0.717, 1.165) is 29.2 Å². The Bertz CT molecular complexity index is 874. The van der Waals surface area contributed by atoms with E-state index in [-0.39, 0.29) is 30.9 Å². The molecule has 0 aromatic heterocycles. The average Bonchev–Trinajstić information content (AvgIpc) is 2.71. The van der Waals surface area contributed by atoms with Crippen molar-refractivity contribution < 1.29 is 14.4 Å². The summed E-state index contributed by atoms with van der Waals surface area (Å²) in [6.07, 6.45) is 0.729. The van der Waals surface area contributed by atoms with Crippen LogP contribution in [-0.2, 0) is 0 Å². The first-order valence-electron chi connectivity index (χ1n) is 10.0. The molecule has 0 amide bonds. The van der Waals surface area contributed by atoms with Crippen LogP contribution >= 0.6 is 23.4 Å².